The van der Waals surface area contributed by atoms with Gasteiger partial charge >= 0.3 is 0 Å². The van der Waals surface area contributed by atoms with E-state index in [1.54, 1.807) is 11.3 Å². The van der Waals surface area contributed by atoms with Gasteiger partial charge < -0.3 is 0 Å². The van der Waals surface area contributed by atoms with E-state index in [9.17, 15) is 0 Å². The van der Waals surface area contributed by atoms with E-state index in [1.165, 1.54) is 32.1 Å². The van der Waals surface area contributed by atoms with Crippen LogP contribution < -0.4 is 5.43 Å². The Hall–Kier alpha value is -2.53. The molecule has 1 aromatic heterocycles. The molecule has 140 valence electrons. The van der Waals surface area contributed by atoms with Crippen molar-refractivity contribution in [1.82, 2.24) is 10.4 Å². The molecule has 0 saturated heterocycles. The lowest BCUT2D eigenvalue weighted by Crippen LogP contribution is -2.18. The number of thiazole rings is 1. The average molecular weight is 379 g/mol. The first-order valence-corrected chi connectivity index (χ1v) is 10.5. The second kappa shape index (κ2) is 10.6. The van der Waals surface area contributed by atoms with Crippen LogP contribution in [0.1, 0.15) is 50.5 Å². The summed E-state index contributed by atoms with van der Waals surface area (Å²) < 4.78 is 1.15. The van der Waals surface area contributed by atoms with E-state index in [-0.39, 0.29) is 0 Å². The van der Waals surface area contributed by atoms with E-state index in [0.717, 1.165) is 27.3 Å². The predicted octanol–water partition coefficient (Wildman–Crippen LogP) is 6.31. The number of hydrazone groups is 1. The highest BCUT2D eigenvalue weighted by atomic mass is 32.1. The van der Waals surface area contributed by atoms with Crippen LogP contribution in [0.4, 0.5) is 5.69 Å². The Kier molecular flexibility index (Phi) is 7.54. The Labute approximate surface area is 165 Å². The van der Waals surface area contributed by atoms with Crippen molar-refractivity contribution < 1.29 is 0 Å². The zero-order chi connectivity index (χ0) is 18.7. The van der Waals surface area contributed by atoms with Crippen LogP contribution in [0.5, 0.6) is 0 Å². The van der Waals surface area contributed by atoms with E-state index in [2.05, 4.69) is 23.5 Å². The van der Waals surface area contributed by atoms with Gasteiger partial charge in [-0.3, -0.25) is 5.43 Å². The van der Waals surface area contributed by atoms with Crippen molar-refractivity contribution in [1.29, 1.82) is 0 Å². The standard InChI is InChI=1S/C22H26N4S/c1-2-3-4-5-6-12-17-23-26-21(24-18-13-8-7-9-14-18)22-25-19-15-10-11-16-20(19)27-22/h7-11,13-17H,2-6,12H2,1H3,(H,24,26). The molecule has 0 amide bonds. The van der Waals surface area contributed by atoms with Gasteiger partial charge in [-0.15, -0.1) is 11.3 Å². The van der Waals surface area contributed by atoms with Crippen molar-refractivity contribution >= 4 is 39.3 Å². The lowest BCUT2D eigenvalue weighted by atomic mass is 10.1. The number of nitrogens with zero attached hydrogens (tertiary/aromatic N) is 3. The zero-order valence-corrected chi connectivity index (χ0v) is 16.6. The molecule has 0 atom stereocenters. The Morgan fingerprint density at radius 3 is 2.59 bits per heavy atom. The quantitative estimate of drug-likeness (QED) is 0.205. The topological polar surface area (TPSA) is 49.6 Å². The minimum Gasteiger partial charge on any atom is -0.259 e. The van der Waals surface area contributed by atoms with Gasteiger partial charge in [0.2, 0.25) is 0 Å². The molecule has 0 saturated carbocycles. The fourth-order valence-electron chi connectivity index (χ4n) is 2.74. The Morgan fingerprint density at radius 1 is 1.00 bits per heavy atom. The Balaban J connectivity index is 1.70. The molecule has 1 N–H and O–H groups in total. The molecule has 27 heavy (non-hydrogen) atoms. The van der Waals surface area contributed by atoms with E-state index in [0.29, 0.717) is 5.84 Å². The molecule has 3 aromatic rings. The Morgan fingerprint density at radius 2 is 1.78 bits per heavy atom. The van der Waals surface area contributed by atoms with Crippen LogP contribution in [0.15, 0.2) is 64.7 Å². The van der Waals surface area contributed by atoms with Crippen LogP contribution in [0.3, 0.4) is 0 Å². The molecule has 0 spiro atoms. The number of fused-ring (bicyclic) bond motifs is 1. The van der Waals surface area contributed by atoms with Crippen molar-refractivity contribution in [3.8, 4) is 0 Å². The second-order valence-electron chi connectivity index (χ2n) is 6.41. The first-order valence-electron chi connectivity index (χ1n) is 9.64. The van der Waals surface area contributed by atoms with Crippen LogP contribution in [-0.2, 0) is 0 Å². The maximum Gasteiger partial charge on any atom is 0.183 e. The van der Waals surface area contributed by atoms with Gasteiger partial charge in [0.15, 0.2) is 10.8 Å². The maximum atomic E-state index is 4.72. The molecule has 0 aliphatic carbocycles. The van der Waals surface area contributed by atoms with E-state index in [1.807, 2.05) is 54.7 Å². The molecular weight excluding hydrogens is 352 g/mol. The second-order valence-corrected chi connectivity index (χ2v) is 7.44. The molecular formula is C22H26N4S. The van der Waals surface area contributed by atoms with E-state index in [4.69, 9.17) is 9.98 Å². The molecule has 3 rings (SSSR count). The summed E-state index contributed by atoms with van der Waals surface area (Å²) in [6, 6.07) is 18.0. The predicted molar refractivity (Wildman–Crippen MR) is 117 cm³/mol. The summed E-state index contributed by atoms with van der Waals surface area (Å²) >= 11 is 1.62. The number of aliphatic imine (C=N–C) groups is 1. The average Bonchev–Trinajstić information content (AvgIpc) is 3.14. The minimum absolute atomic E-state index is 0.685. The molecule has 1 heterocycles. The highest BCUT2D eigenvalue weighted by molar-refractivity contribution is 7.20. The summed E-state index contributed by atoms with van der Waals surface area (Å²) in [5.41, 5.74) is 4.98. The van der Waals surface area contributed by atoms with Gasteiger partial charge in [-0.25, -0.2) is 9.98 Å². The first-order chi connectivity index (χ1) is 13.4. The maximum absolute atomic E-state index is 4.72. The third-order valence-electron chi connectivity index (χ3n) is 4.19. The fourth-order valence-corrected chi connectivity index (χ4v) is 3.64. The third-order valence-corrected chi connectivity index (χ3v) is 5.24. The number of hydrogen-bond donors (Lipinski definition) is 1. The summed E-state index contributed by atoms with van der Waals surface area (Å²) in [6.45, 7) is 2.24. The summed E-state index contributed by atoms with van der Waals surface area (Å²) in [7, 11) is 0. The van der Waals surface area contributed by atoms with Crippen LogP contribution >= 0.6 is 11.3 Å². The highest BCUT2D eigenvalue weighted by Gasteiger charge is 2.10. The van der Waals surface area contributed by atoms with Crippen LogP contribution in [0.2, 0.25) is 0 Å². The lowest BCUT2D eigenvalue weighted by Gasteiger charge is -2.03. The molecule has 0 fully saturated rings. The van der Waals surface area contributed by atoms with E-state index < -0.39 is 0 Å². The molecule has 5 heteroatoms. The van der Waals surface area contributed by atoms with Gasteiger partial charge in [0.1, 0.15) is 0 Å². The molecule has 2 aromatic carbocycles. The number of amidine groups is 1. The van der Waals surface area contributed by atoms with Crippen molar-refractivity contribution in [2.45, 2.75) is 45.4 Å². The molecule has 0 aliphatic rings. The SMILES string of the molecule is CCCCCCCC=NNC(=Nc1ccccc1)c1nc2ccccc2s1. The van der Waals surface area contributed by atoms with Crippen molar-refractivity contribution in [2.24, 2.45) is 10.1 Å². The normalized spacial score (nSPS) is 12.1. The molecule has 0 radical (unpaired) electrons. The van der Waals surface area contributed by atoms with Gasteiger partial charge in [-0.2, -0.15) is 5.10 Å². The fraction of sp³-hybridized carbons (Fsp3) is 0.318. The summed E-state index contributed by atoms with van der Waals surface area (Å²) in [4.78, 5) is 9.43. The summed E-state index contributed by atoms with van der Waals surface area (Å²) in [5, 5.41) is 5.24. The number of hydrogen-bond acceptors (Lipinski definition) is 4. The molecule has 0 unspecified atom stereocenters. The van der Waals surface area contributed by atoms with Gasteiger partial charge in [-0.05, 0) is 37.1 Å². The zero-order valence-electron chi connectivity index (χ0n) is 15.8. The number of aromatic nitrogens is 1. The van der Waals surface area contributed by atoms with Crippen molar-refractivity contribution in [3.63, 3.8) is 0 Å². The molecule has 0 aliphatic heterocycles. The van der Waals surface area contributed by atoms with Crippen LogP contribution in [0, 0.1) is 0 Å². The third kappa shape index (κ3) is 6.00. The minimum atomic E-state index is 0.685. The first kappa shape index (κ1) is 19.2. The number of benzene rings is 2. The Bertz CT molecular complexity index is 850. The number of rotatable bonds is 9. The monoisotopic (exact) mass is 378 g/mol. The highest BCUT2D eigenvalue weighted by Crippen LogP contribution is 2.23. The van der Waals surface area contributed by atoms with Gasteiger partial charge in [0.25, 0.3) is 0 Å². The van der Waals surface area contributed by atoms with Crippen molar-refractivity contribution in [2.75, 3.05) is 0 Å². The summed E-state index contributed by atoms with van der Waals surface area (Å²) in [5.74, 6) is 0.685. The van der Waals surface area contributed by atoms with E-state index >= 15 is 0 Å². The van der Waals surface area contributed by atoms with Crippen LogP contribution in [0.25, 0.3) is 10.2 Å². The largest absolute Gasteiger partial charge is 0.259 e. The molecule has 0 bridgehead atoms. The summed E-state index contributed by atoms with van der Waals surface area (Å²) in [6.07, 6.45) is 9.28. The lowest BCUT2D eigenvalue weighted by molar-refractivity contribution is 0.644. The van der Waals surface area contributed by atoms with Crippen molar-refractivity contribution in [3.05, 3.63) is 59.6 Å². The smallest absolute Gasteiger partial charge is 0.183 e. The number of nitrogens with one attached hydrogen (secondary N) is 1. The van der Waals surface area contributed by atoms with Crippen LogP contribution in [-0.4, -0.2) is 17.0 Å². The number of para-hydroxylation sites is 2. The van der Waals surface area contributed by atoms with Gasteiger partial charge in [0.05, 0.1) is 15.9 Å². The van der Waals surface area contributed by atoms with Gasteiger partial charge in [0, 0.05) is 6.21 Å². The number of unbranched alkanes of at least 4 members (excludes halogenated alkanes) is 5. The van der Waals surface area contributed by atoms with Gasteiger partial charge in [-0.1, -0.05) is 62.9 Å². The molecule has 4 nitrogen and oxygen atoms in total.